The van der Waals surface area contributed by atoms with Crippen LogP contribution in [-0.2, 0) is 0 Å². The lowest BCUT2D eigenvalue weighted by molar-refractivity contribution is 1.17. The van der Waals surface area contributed by atoms with Crippen LogP contribution in [0.3, 0.4) is 0 Å². The van der Waals surface area contributed by atoms with Crippen LogP contribution in [0.5, 0.6) is 0 Å². The minimum Gasteiger partial charge on any atom is -0.342 e. The first-order valence-corrected chi connectivity index (χ1v) is 7.04. The average Bonchev–Trinajstić information content (AvgIpc) is 2.96. The van der Waals surface area contributed by atoms with Crippen molar-refractivity contribution in [1.29, 1.82) is 0 Å². The van der Waals surface area contributed by atoms with E-state index in [-0.39, 0.29) is 0 Å². The number of H-pyrrole nitrogens is 2. The van der Waals surface area contributed by atoms with Gasteiger partial charge in [0.2, 0.25) is 0 Å². The molecule has 0 saturated carbocycles. The van der Waals surface area contributed by atoms with Crippen molar-refractivity contribution in [3.8, 4) is 11.4 Å². The number of imidazole rings is 2. The molecule has 2 heterocycles. The minimum absolute atomic E-state index is 0.909. The fourth-order valence-electron chi connectivity index (χ4n) is 2.85. The van der Waals surface area contributed by atoms with E-state index in [0.717, 1.165) is 39.3 Å². The summed E-state index contributed by atoms with van der Waals surface area (Å²) >= 11 is 0. The van der Waals surface area contributed by atoms with E-state index in [4.69, 9.17) is 4.98 Å². The molecule has 0 spiro atoms. The summed E-state index contributed by atoms with van der Waals surface area (Å²) in [5.41, 5.74) is 7.61. The van der Waals surface area contributed by atoms with Gasteiger partial charge in [-0.3, -0.25) is 0 Å². The average molecular weight is 276 g/mol. The molecule has 4 heteroatoms. The van der Waals surface area contributed by atoms with Gasteiger partial charge in [0, 0.05) is 5.56 Å². The Kier molecular flexibility index (Phi) is 2.42. The fraction of sp³-hybridized carbons (Fsp3) is 0.176. The summed E-state index contributed by atoms with van der Waals surface area (Å²) < 4.78 is 0. The van der Waals surface area contributed by atoms with Gasteiger partial charge >= 0.3 is 0 Å². The van der Waals surface area contributed by atoms with Crippen LogP contribution in [0.1, 0.15) is 17.0 Å². The molecule has 0 atom stereocenters. The van der Waals surface area contributed by atoms with Crippen molar-refractivity contribution >= 4 is 22.1 Å². The van der Waals surface area contributed by atoms with Crippen molar-refractivity contribution in [2.75, 3.05) is 0 Å². The molecule has 0 bridgehead atoms. The zero-order valence-corrected chi connectivity index (χ0v) is 12.3. The zero-order chi connectivity index (χ0) is 14.6. The number of hydrogen-bond donors (Lipinski definition) is 2. The van der Waals surface area contributed by atoms with Crippen LogP contribution in [0.2, 0.25) is 0 Å². The summed E-state index contributed by atoms with van der Waals surface area (Å²) in [6.45, 7) is 6.18. The van der Waals surface area contributed by atoms with Crippen LogP contribution < -0.4 is 0 Å². The third-order valence-corrected chi connectivity index (χ3v) is 3.84. The van der Waals surface area contributed by atoms with Crippen molar-refractivity contribution < 1.29 is 0 Å². The Morgan fingerprint density at radius 1 is 0.810 bits per heavy atom. The summed E-state index contributed by atoms with van der Waals surface area (Å²) in [6.07, 6.45) is 0. The number of hydrogen-bond acceptors (Lipinski definition) is 2. The zero-order valence-electron chi connectivity index (χ0n) is 12.3. The summed E-state index contributed by atoms with van der Waals surface area (Å²) in [5.74, 6) is 1.83. The minimum atomic E-state index is 0.909. The fourth-order valence-corrected chi connectivity index (χ4v) is 2.85. The second kappa shape index (κ2) is 4.19. The number of benzene rings is 2. The van der Waals surface area contributed by atoms with Gasteiger partial charge < -0.3 is 9.97 Å². The number of aryl methyl sites for hydroxylation is 3. The highest BCUT2D eigenvalue weighted by Gasteiger charge is 2.10. The Balaban J connectivity index is 1.93. The van der Waals surface area contributed by atoms with Gasteiger partial charge in [0.25, 0.3) is 0 Å². The molecule has 0 saturated heterocycles. The molecule has 0 aliphatic carbocycles. The lowest BCUT2D eigenvalue weighted by Gasteiger charge is -2.03. The van der Waals surface area contributed by atoms with Crippen molar-refractivity contribution in [3.05, 3.63) is 47.3 Å². The summed E-state index contributed by atoms with van der Waals surface area (Å²) in [4.78, 5) is 15.9. The first-order valence-electron chi connectivity index (χ1n) is 7.04. The van der Waals surface area contributed by atoms with E-state index in [0.29, 0.717) is 0 Å². The SMILES string of the molecule is Cc1ccc(-c2nc3cc4nc(C)[nH]c4cc3[nH]2)c(C)c1. The Bertz CT molecular complexity index is 924. The number of aromatic amines is 2. The maximum absolute atomic E-state index is 4.72. The second-order valence-corrected chi connectivity index (χ2v) is 5.61. The highest BCUT2D eigenvalue weighted by molar-refractivity contribution is 5.92. The third kappa shape index (κ3) is 1.91. The van der Waals surface area contributed by atoms with Crippen molar-refractivity contribution in [3.63, 3.8) is 0 Å². The van der Waals surface area contributed by atoms with Crippen molar-refractivity contribution in [2.45, 2.75) is 20.8 Å². The molecule has 2 aromatic carbocycles. The quantitative estimate of drug-likeness (QED) is 0.551. The standard InChI is InChI=1S/C17H16N4/c1-9-4-5-12(10(2)6-9)17-20-15-7-13-14(8-16(15)21-17)19-11(3)18-13/h4-8H,1-3H3,(H,18,19)(H,20,21). The normalized spacial score (nSPS) is 11.6. The molecule has 4 rings (SSSR count). The van der Waals surface area contributed by atoms with Gasteiger partial charge in [-0.2, -0.15) is 0 Å². The molecule has 0 radical (unpaired) electrons. The smallest absolute Gasteiger partial charge is 0.138 e. The Hall–Kier alpha value is -2.62. The molecule has 104 valence electrons. The van der Waals surface area contributed by atoms with Crippen LogP contribution in [0.25, 0.3) is 33.5 Å². The van der Waals surface area contributed by atoms with Crippen LogP contribution >= 0.6 is 0 Å². The molecule has 2 aromatic heterocycles. The van der Waals surface area contributed by atoms with Gasteiger partial charge in [0.15, 0.2) is 0 Å². The van der Waals surface area contributed by atoms with Gasteiger partial charge in [-0.25, -0.2) is 9.97 Å². The molecule has 0 amide bonds. The van der Waals surface area contributed by atoms with E-state index < -0.39 is 0 Å². The van der Waals surface area contributed by atoms with E-state index in [9.17, 15) is 0 Å². The maximum atomic E-state index is 4.72. The maximum Gasteiger partial charge on any atom is 0.138 e. The molecule has 21 heavy (non-hydrogen) atoms. The third-order valence-electron chi connectivity index (χ3n) is 3.84. The number of rotatable bonds is 1. The lowest BCUT2D eigenvalue weighted by atomic mass is 10.1. The molecule has 4 nitrogen and oxygen atoms in total. The molecule has 4 aromatic rings. The molecular weight excluding hydrogens is 260 g/mol. The van der Waals surface area contributed by atoms with Gasteiger partial charge in [0.05, 0.1) is 22.1 Å². The highest BCUT2D eigenvalue weighted by atomic mass is 14.9. The van der Waals surface area contributed by atoms with Gasteiger partial charge in [-0.1, -0.05) is 23.8 Å². The molecule has 0 unspecified atom stereocenters. The van der Waals surface area contributed by atoms with Crippen LogP contribution in [0.15, 0.2) is 30.3 Å². The second-order valence-electron chi connectivity index (χ2n) is 5.61. The van der Waals surface area contributed by atoms with Crippen LogP contribution in [-0.4, -0.2) is 19.9 Å². The number of nitrogens with zero attached hydrogens (tertiary/aromatic N) is 2. The Labute approximate surface area is 122 Å². The molecular formula is C17H16N4. The van der Waals surface area contributed by atoms with E-state index in [1.54, 1.807) is 0 Å². The number of aromatic nitrogens is 4. The van der Waals surface area contributed by atoms with Crippen LogP contribution in [0.4, 0.5) is 0 Å². The van der Waals surface area contributed by atoms with E-state index >= 15 is 0 Å². The molecule has 0 fully saturated rings. The molecule has 0 aliphatic rings. The lowest BCUT2D eigenvalue weighted by Crippen LogP contribution is -1.86. The first kappa shape index (κ1) is 12.1. The highest BCUT2D eigenvalue weighted by Crippen LogP contribution is 2.26. The van der Waals surface area contributed by atoms with E-state index in [2.05, 4.69) is 53.1 Å². The summed E-state index contributed by atoms with van der Waals surface area (Å²) in [7, 11) is 0. The topological polar surface area (TPSA) is 57.4 Å². The number of nitrogens with one attached hydrogen (secondary N) is 2. The van der Waals surface area contributed by atoms with Gasteiger partial charge in [0.1, 0.15) is 11.6 Å². The molecule has 0 aliphatic heterocycles. The van der Waals surface area contributed by atoms with E-state index in [1.165, 1.54) is 11.1 Å². The monoisotopic (exact) mass is 276 g/mol. The van der Waals surface area contributed by atoms with Gasteiger partial charge in [-0.15, -0.1) is 0 Å². The summed E-state index contributed by atoms with van der Waals surface area (Å²) in [5, 5.41) is 0. The predicted octanol–water partition coefficient (Wildman–Crippen LogP) is 4.03. The Morgan fingerprint density at radius 2 is 1.57 bits per heavy atom. The largest absolute Gasteiger partial charge is 0.342 e. The van der Waals surface area contributed by atoms with Crippen molar-refractivity contribution in [2.24, 2.45) is 0 Å². The van der Waals surface area contributed by atoms with Crippen LogP contribution in [0, 0.1) is 20.8 Å². The van der Waals surface area contributed by atoms with Crippen molar-refractivity contribution in [1.82, 2.24) is 19.9 Å². The Morgan fingerprint density at radius 3 is 2.38 bits per heavy atom. The predicted molar refractivity (Wildman–Crippen MR) is 85.4 cm³/mol. The first-order chi connectivity index (χ1) is 10.1. The van der Waals surface area contributed by atoms with Gasteiger partial charge in [-0.05, 0) is 38.5 Å². The molecule has 2 N–H and O–H groups in total. The van der Waals surface area contributed by atoms with E-state index in [1.807, 2.05) is 13.0 Å². The summed E-state index contributed by atoms with van der Waals surface area (Å²) in [6, 6.07) is 10.5. The number of fused-ring (bicyclic) bond motifs is 2.